The molecule has 1 N–H and O–H groups in total. The van der Waals surface area contributed by atoms with Crippen LogP contribution < -0.4 is 5.32 Å². The first kappa shape index (κ1) is 15.5. The molecule has 0 amide bonds. The van der Waals surface area contributed by atoms with Crippen LogP contribution in [0.5, 0.6) is 0 Å². The van der Waals surface area contributed by atoms with Crippen LogP contribution in [0.2, 0.25) is 0 Å². The number of likely N-dealkylation sites (N-methyl/N-ethyl adjacent to an activating group) is 2. The predicted octanol–water partition coefficient (Wildman–Crippen LogP) is 3.77. The van der Waals surface area contributed by atoms with Crippen molar-refractivity contribution in [3.63, 3.8) is 0 Å². The highest BCUT2D eigenvalue weighted by Gasteiger charge is 2.26. The van der Waals surface area contributed by atoms with Gasteiger partial charge in [-0.2, -0.15) is 0 Å². The molecule has 2 nitrogen and oxygen atoms in total. The number of rotatable bonds is 5. The first-order chi connectivity index (χ1) is 9.61. The highest BCUT2D eigenvalue weighted by molar-refractivity contribution is 5.24. The Morgan fingerprint density at radius 2 is 1.85 bits per heavy atom. The lowest BCUT2D eigenvalue weighted by Gasteiger charge is -2.38. The van der Waals surface area contributed by atoms with Gasteiger partial charge in [-0.3, -0.25) is 0 Å². The molecule has 0 aliphatic heterocycles. The average Bonchev–Trinajstić information content (AvgIpc) is 2.46. The van der Waals surface area contributed by atoms with E-state index in [0.29, 0.717) is 6.04 Å². The summed E-state index contributed by atoms with van der Waals surface area (Å²) in [6.07, 6.45) is 5.57. The van der Waals surface area contributed by atoms with Crippen molar-refractivity contribution in [3.05, 3.63) is 35.4 Å². The topological polar surface area (TPSA) is 15.3 Å². The normalized spacial score (nSPS) is 24.9. The molecule has 1 aliphatic rings. The molecule has 1 fully saturated rings. The Labute approximate surface area is 124 Å². The molecule has 20 heavy (non-hydrogen) atoms. The number of nitrogens with one attached hydrogen (secondary N) is 1. The van der Waals surface area contributed by atoms with E-state index in [1.54, 1.807) is 0 Å². The van der Waals surface area contributed by atoms with Crippen molar-refractivity contribution in [2.75, 3.05) is 20.6 Å². The Morgan fingerprint density at radius 1 is 1.20 bits per heavy atom. The van der Waals surface area contributed by atoms with E-state index in [9.17, 15) is 0 Å². The minimum Gasteiger partial charge on any atom is -0.312 e. The molecule has 0 saturated heterocycles. The van der Waals surface area contributed by atoms with E-state index in [1.807, 2.05) is 0 Å². The minimum absolute atomic E-state index is 0.426. The molecular weight excluding hydrogens is 244 g/mol. The van der Waals surface area contributed by atoms with Crippen molar-refractivity contribution in [2.45, 2.75) is 51.6 Å². The van der Waals surface area contributed by atoms with E-state index in [-0.39, 0.29) is 0 Å². The van der Waals surface area contributed by atoms with Crippen LogP contribution in [-0.2, 0) is 0 Å². The predicted molar refractivity (Wildman–Crippen MR) is 87.0 cm³/mol. The zero-order valence-electron chi connectivity index (χ0n) is 13.5. The Bertz CT molecular complexity index is 398. The molecule has 3 unspecified atom stereocenters. The highest BCUT2D eigenvalue weighted by Crippen LogP contribution is 2.28. The molecule has 0 radical (unpaired) electrons. The first-order valence-electron chi connectivity index (χ1n) is 8.06. The van der Waals surface area contributed by atoms with Gasteiger partial charge < -0.3 is 10.2 Å². The van der Waals surface area contributed by atoms with Crippen molar-refractivity contribution in [1.82, 2.24) is 10.2 Å². The molecule has 0 spiro atoms. The van der Waals surface area contributed by atoms with Crippen molar-refractivity contribution in [1.29, 1.82) is 0 Å². The average molecular weight is 274 g/mol. The van der Waals surface area contributed by atoms with Gasteiger partial charge in [0.05, 0.1) is 0 Å². The summed E-state index contributed by atoms with van der Waals surface area (Å²) < 4.78 is 0. The molecule has 3 atom stereocenters. The Balaban J connectivity index is 2.00. The van der Waals surface area contributed by atoms with Crippen molar-refractivity contribution < 1.29 is 0 Å². The third-order valence-electron chi connectivity index (χ3n) is 4.93. The summed E-state index contributed by atoms with van der Waals surface area (Å²) in [5.41, 5.74) is 2.73. The fourth-order valence-corrected chi connectivity index (χ4v) is 3.54. The van der Waals surface area contributed by atoms with Gasteiger partial charge in [0, 0.05) is 18.6 Å². The molecule has 1 aromatic carbocycles. The number of hydrogen-bond acceptors (Lipinski definition) is 2. The number of benzene rings is 1. The van der Waals surface area contributed by atoms with Crippen LogP contribution in [0.3, 0.4) is 0 Å². The van der Waals surface area contributed by atoms with Gasteiger partial charge >= 0.3 is 0 Å². The van der Waals surface area contributed by atoms with Gasteiger partial charge in [0.1, 0.15) is 0 Å². The standard InChI is InChI=1S/C18H30N2/c1-14-9-11-16(12-10-14)17(19-3)13-20(4)18-8-6-5-7-15(18)2/h9-12,15,17-19H,5-8,13H2,1-4H3. The fourth-order valence-electron chi connectivity index (χ4n) is 3.54. The molecule has 112 valence electrons. The summed E-state index contributed by atoms with van der Waals surface area (Å²) in [4.78, 5) is 2.57. The summed E-state index contributed by atoms with van der Waals surface area (Å²) in [5, 5.41) is 3.48. The number of nitrogens with zero attached hydrogens (tertiary/aromatic N) is 1. The van der Waals surface area contributed by atoms with Crippen molar-refractivity contribution >= 4 is 0 Å². The van der Waals surface area contributed by atoms with E-state index in [0.717, 1.165) is 18.5 Å². The Hall–Kier alpha value is -0.860. The largest absolute Gasteiger partial charge is 0.312 e. The van der Waals surface area contributed by atoms with Gasteiger partial charge in [0.2, 0.25) is 0 Å². The Kier molecular flexibility index (Phi) is 5.62. The summed E-state index contributed by atoms with van der Waals surface area (Å²) in [6.45, 7) is 5.66. The smallest absolute Gasteiger partial charge is 0.0446 e. The van der Waals surface area contributed by atoms with Crippen molar-refractivity contribution in [2.24, 2.45) is 5.92 Å². The van der Waals surface area contributed by atoms with Gasteiger partial charge in [-0.25, -0.2) is 0 Å². The maximum absolute atomic E-state index is 3.48. The number of hydrogen-bond donors (Lipinski definition) is 1. The highest BCUT2D eigenvalue weighted by atomic mass is 15.2. The molecule has 0 bridgehead atoms. The van der Waals surface area contributed by atoms with E-state index >= 15 is 0 Å². The monoisotopic (exact) mass is 274 g/mol. The summed E-state index contributed by atoms with van der Waals surface area (Å²) in [7, 11) is 4.37. The van der Waals surface area contributed by atoms with E-state index in [2.05, 4.69) is 62.4 Å². The van der Waals surface area contributed by atoms with Gasteiger partial charge in [0.15, 0.2) is 0 Å². The number of aryl methyl sites for hydroxylation is 1. The second-order valence-electron chi connectivity index (χ2n) is 6.52. The SMILES string of the molecule is CNC(CN(C)C1CCCCC1C)c1ccc(C)cc1. The molecule has 2 heteroatoms. The van der Waals surface area contributed by atoms with Gasteiger partial charge in [-0.15, -0.1) is 0 Å². The van der Waals surface area contributed by atoms with Crippen LogP contribution in [0.1, 0.15) is 49.8 Å². The van der Waals surface area contributed by atoms with Gasteiger partial charge in [-0.05, 0) is 45.3 Å². The molecule has 1 aliphatic carbocycles. The maximum Gasteiger partial charge on any atom is 0.0446 e. The van der Waals surface area contributed by atoms with E-state index in [1.165, 1.54) is 36.8 Å². The zero-order chi connectivity index (χ0) is 14.5. The van der Waals surface area contributed by atoms with Gasteiger partial charge in [-0.1, -0.05) is 49.6 Å². The second kappa shape index (κ2) is 7.24. The lowest BCUT2D eigenvalue weighted by molar-refractivity contribution is 0.129. The van der Waals surface area contributed by atoms with Crippen LogP contribution in [0.25, 0.3) is 0 Å². The third-order valence-corrected chi connectivity index (χ3v) is 4.93. The zero-order valence-corrected chi connectivity index (χ0v) is 13.5. The van der Waals surface area contributed by atoms with Crippen LogP contribution in [0.15, 0.2) is 24.3 Å². The molecule has 0 heterocycles. The molecule has 1 aromatic rings. The van der Waals surface area contributed by atoms with E-state index < -0.39 is 0 Å². The van der Waals surface area contributed by atoms with Crippen LogP contribution in [-0.4, -0.2) is 31.6 Å². The lowest BCUT2D eigenvalue weighted by atomic mass is 9.85. The quantitative estimate of drug-likeness (QED) is 0.879. The Morgan fingerprint density at radius 3 is 2.45 bits per heavy atom. The van der Waals surface area contributed by atoms with Crippen molar-refractivity contribution in [3.8, 4) is 0 Å². The summed E-state index contributed by atoms with van der Waals surface area (Å²) in [5.74, 6) is 0.837. The molecule has 0 aromatic heterocycles. The van der Waals surface area contributed by atoms with Gasteiger partial charge in [0.25, 0.3) is 0 Å². The minimum atomic E-state index is 0.426. The fraction of sp³-hybridized carbons (Fsp3) is 0.667. The molecular formula is C18H30N2. The van der Waals surface area contributed by atoms with Crippen LogP contribution in [0, 0.1) is 12.8 Å². The lowest BCUT2D eigenvalue weighted by Crippen LogP contribution is -2.42. The van der Waals surface area contributed by atoms with Crippen LogP contribution in [0.4, 0.5) is 0 Å². The summed E-state index contributed by atoms with van der Waals surface area (Å²) >= 11 is 0. The third kappa shape index (κ3) is 3.83. The first-order valence-corrected chi connectivity index (χ1v) is 8.06. The molecule has 2 rings (SSSR count). The molecule has 1 saturated carbocycles. The van der Waals surface area contributed by atoms with E-state index in [4.69, 9.17) is 0 Å². The maximum atomic E-state index is 3.48. The summed E-state index contributed by atoms with van der Waals surface area (Å²) in [6, 6.07) is 10.1. The van der Waals surface area contributed by atoms with Crippen LogP contribution >= 0.6 is 0 Å². The second-order valence-corrected chi connectivity index (χ2v) is 6.52.